The van der Waals surface area contributed by atoms with Gasteiger partial charge in [0.25, 0.3) is 0 Å². The van der Waals surface area contributed by atoms with Crippen molar-refractivity contribution in [3.63, 3.8) is 0 Å². The molecule has 0 aliphatic carbocycles. The Morgan fingerprint density at radius 3 is 2.61 bits per heavy atom. The number of piperazine rings is 1. The first-order valence-corrected chi connectivity index (χ1v) is 11.8. The lowest BCUT2D eigenvalue weighted by Crippen LogP contribution is -2.49. The fourth-order valence-electron chi connectivity index (χ4n) is 3.84. The Labute approximate surface area is 194 Å². The van der Waals surface area contributed by atoms with Gasteiger partial charge in [0.2, 0.25) is 5.91 Å². The van der Waals surface area contributed by atoms with E-state index in [0.717, 1.165) is 5.75 Å². The molecule has 2 aromatic heterocycles. The smallest absolute Gasteiger partial charge is 0.232 e. The van der Waals surface area contributed by atoms with Gasteiger partial charge in [-0.15, -0.1) is 16.9 Å². The number of thioether (sulfide) groups is 1. The van der Waals surface area contributed by atoms with E-state index >= 15 is 0 Å². The molecule has 168 valence electrons. The van der Waals surface area contributed by atoms with Crippen molar-refractivity contribution in [3.8, 4) is 5.69 Å². The Hall–Kier alpha value is -3.53. The first-order valence-electron chi connectivity index (χ1n) is 10.7. The van der Waals surface area contributed by atoms with Crippen molar-refractivity contribution < 1.29 is 9.18 Å². The maximum Gasteiger partial charge on any atom is 0.232 e. The van der Waals surface area contributed by atoms with Gasteiger partial charge in [-0.1, -0.05) is 41.6 Å². The number of hydrogen-bond donors (Lipinski definition) is 0. The molecule has 2 aromatic carbocycles. The molecule has 4 aromatic rings. The highest BCUT2D eigenvalue weighted by Gasteiger charge is 2.24. The van der Waals surface area contributed by atoms with E-state index in [4.69, 9.17) is 0 Å². The summed E-state index contributed by atoms with van der Waals surface area (Å²) < 4.78 is 15.2. The summed E-state index contributed by atoms with van der Waals surface area (Å²) in [5, 5.41) is 8.43. The van der Waals surface area contributed by atoms with Crippen LogP contribution in [0.25, 0.3) is 16.9 Å². The Balaban J connectivity index is 1.23. The quantitative estimate of drug-likeness (QED) is 0.435. The van der Waals surface area contributed by atoms with Crippen LogP contribution in [0.3, 0.4) is 0 Å². The zero-order chi connectivity index (χ0) is 22.6. The molecule has 0 radical (unpaired) electrons. The number of fused-ring (bicyclic) bond motifs is 1. The zero-order valence-corrected chi connectivity index (χ0v) is 18.7. The molecular weight excluding hydrogens is 441 g/mol. The highest BCUT2D eigenvalue weighted by atomic mass is 32.2. The van der Waals surface area contributed by atoms with Crippen molar-refractivity contribution in [2.45, 2.75) is 5.75 Å². The minimum Gasteiger partial charge on any atom is -0.351 e. The Kier molecular flexibility index (Phi) is 6.16. The van der Waals surface area contributed by atoms with Crippen molar-refractivity contribution in [2.75, 3.05) is 36.8 Å². The fraction of sp³-hybridized carbons (Fsp3) is 0.261. The summed E-state index contributed by atoms with van der Waals surface area (Å²) in [7, 11) is 0. The van der Waals surface area contributed by atoms with E-state index in [2.05, 4.69) is 37.3 Å². The van der Waals surface area contributed by atoms with Gasteiger partial charge >= 0.3 is 0 Å². The van der Waals surface area contributed by atoms with Gasteiger partial charge in [0.15, 0.2) is 17.0 Å². The number of rotatable bonds is 6. The number of aromatic nitrogens is 5. The molecule has 1 aliphatic heterocycles. The van der Waals surface area contributed by atoms with Crippen molar-refractivity contribution in [2.24, 2.45) is 0 Å². The predicted octanol–water partition coefficient (Wildman–Crippen LogP) is 2.93. The summed E-state index contributed by atoms with van der Waals surface area (Å²) in [6.45, 7) is 2.53. The van der Waals surface area contributed by atoms with E-state index in [1.165, 1.54) is 28.7 Å². The van der Waals surface area contributed by atoms with Gasteiger partial charge in [0, 0.05) is 31.9 Å². The Morgan fingerprint density at radius 1 is 1.00 bits per heavy atom. The second kappa shape index (κ2) is 9.53. The Morgan fingerprint density at radius 2 is 1.82 bits per heavy atom. The van der Waals surface area contributed by atoms with E-state index in [1.807, 2.05) is 23.1 Å². The largest absolute Gasteiger partial charge is 0.351 e. The molecule has 10 heteroatoms. The van der Waals surface area contributed by atoms with Gasteiger partial charge in [0.05, 0.1) is 11.4 Å². The number of nitrogens with zero attached hydrogens (tertiary/aromatic N) is 7. The van der Waals surface area contributed by atoms with Crippen LogP contribution in [0.2, 0.25) is 0 Å². The second-order valence-electron chi connectivity index (χ2n) is 7.70. The van der Waals surface area contributed by atoms with Crippen LogP contribution in [0.1, 0.15) is 5.56 Å². The topological polar surface area (TPSA) is 80.0 Å². The molecule has 3 heterocycles. The average molecular weight is 464 g/mol. The fourth-order valence-corrected chi connectivity index (χ4v) is 4.73. The summed E-state index contributed by atoms with van der Waals surface area (Å²) in [6, 6.07) is 16.3. The third-order valence-corrected chi connectivity index (χ3v) is 6.53. The van der Waals surface area contributed by atoms with E-state index < -0.39 is 0 Å². The van der Waals surface area contributed by atoms with Gasteiger partial charge in [-0.25, -0.2) is 14.4 Å². The van der Waals surface area contributed by atoms with Gasteiger partial charge < -0.3 is 9.80 Å². The number of benzene rings is 2. The molecule has 1 amide bonds. The van der Waals surface area contributed by atoms with Crippen LogP contribution in [0.4, 0.5) is 10.2 Å². The monoisotopic (exact) mass is 463 g/mol. The lowest BCUT2D eigenvalue weighted by atomic mass is 10.2. The van der Waals surface area contributed by atoms with E-state index in [0.29, 0.717) is 54.6 Å². The first kappa shape index (κ1) is 21.3. The summed E-state index contributed by atoms with van der Waals surface area (Å²) in [6.07, 6.45) is 1.47. The maximum atomic E-state index is 13.7. The van der Waals surface area contributed by atoms with Crippen LogP contribution in [0.15, 0.2) is 60.9 Å². The van der Waals surface area contributed by atoms with Gasteiger partial charge in [-0.3, -0.25) is 4.79 Å². The lowest BCUT2D eigenvalue weighted by Gasteiger charge is -2.35. The summed E-state index contributed by atoms with van der Waals surface area (Å²) >= 11 is 1.64. The molecule has 5 rings (SSSR count). The third kappa shape index (κ3) is 4.65. The molecular formula is C23H22FN7OS. The van der Waals surface area contributed by atoms with Crippen molar-refractivity contribution in [1.29, 1.82) is 0 Å². The molecule has 0 bridgehead atoms. The number of halogens is 1. The molecule has 0 saturated carbocycles. The number of amides is 1. The number of carbonyl (C=O) groups excluding carboxylic acids is 1. The van der Waals surface area contributed by atoms with Gasteiger partial charge in [-0.05, 0) is 23.8 Å². The highest BCUT2D eigenvalue weighted by molar-refractivity contribution is 7.99. The molecule has 33 heavy (non-hydrogen) atoms. The molecule has 0 N–H and O–H groups in total. The number of carbonyl (C=O) groups is 1. The summed E-state index contributed by atoms with van der Waals surface area (Å²) in [5.74, 6) is 1.77. The van der Waals surface area contributed by atoms with Crippen LogP contribution >= 0.6 is 11.8 Å². The molecule has 0 unspecified atom stereocenters. The molecule has 1 saturated heterocycles. The summed E-state index contributed by atoms with van der Waals surface area (Å²) in [5.41, 5.74) is 2.84. The molecule has 1 fully saturated rings. The molecule has 1 aliphatic rings. The van der Waals surface area contributed by atoms with E-state index in [9.17, 15) is 9.18 Å². The minimum atomic E-state index is -0.354. The van der Waals surface area contributed by atoms with Gasteiger partial charge in [0.1, 0.15) is 12.1 Å². The third-order valence-electron chi connectivity index (χ3n) is 5.54. The maximum absolute atomic E-state index is 13.7. The van der Waals surface area contributed by atoms with Crippen LogP contribution in [0, 0.1) is 5.82 Å². The van der Waals surface area contributed by atoms with Crippen molar-refractivity contribution in [3.05, 3.63) is 72.3 Å². The Bertz CT molecular complexity index is 1260. The van der Waals surface area contributed by atoms with Crippen LogP contribution in [-0.2, 0) is 10.5 Å². The molecule has 0 spiro atoms. The summed E-state index contributed by atoms with van der Waals surface area (Å²) in [4.78, 5) is 25.4. The van der Waals surface area contributed by atoms with E-state index in [-0.39, 0.29) is 11.7 Å². The van der Waals surface area contributed by atoms with Crippen LogP contribution < -0.4 is 4.90 Å². The van der Waals surface area contributed by atoms with Crippen molar-refractivity contribution in [1.82, 2.24) is 29.9 Å². The minimum absolute atomic E-state index is 0.153. The van der Waals surface area contributed by atoms with Crippen LogP contribution in [-0.4, -0.2) is 67.7 Å². The SMILES string of the molecule is O=C(CSCc1ccccc1)N1CCN(c2ncnc3c2nnn3-c2cccc(F)c2)CC1. The number of anilines is 1. The van der Waals surface area contributed by atoms with E-state index in [1.54, 1.807) is 23.9 Å². The molecule has 8 nitrogen and oxygen atoms in total. The predicted molar refractivity (Wildman–Crippen MR) is 126 cm³/mol. The zero-order valence-electron chi connectivity index (χ0n) is 17.8. The highest BCUT2D eigenvalue weighted by Crippen LogP contribution is 2.24. The molecule has 0 atom stereocenters. The number of hydrogen-bond acceptors (Lipinski definition) is 7. The van der Waals surface area contributed by atoms with Crippen molar-refractivity contribution >= 4 is 34.7 Å². The average Bonchev–Trinajstić information content (AvgIpc) is 3.29. The van der Waals surface area contributed by atoms with Crippen LogP contribution in [0.5, 0.6) is 0 Å². The second-order valence-corrected chi connectivity index (χ2v) is 8.68. The lowest BCUT2D eigenvalue weighted by molar-refractivity contribution is -0.128. The van der Waals surface area contributed by atoms with Gasteiger partial charge in [-0.2, -0.15) is 4.68 Å². The standard InChI is InChI=1S/C23H22FN7OS/c24-18-7-4-8-19(13-18)31-23-21(27-28-31)22(25-16-26-23)30-11-9-29(10-12-30)20(32)15-33-14-17-5-2-1-3-6-17/h1-8,13,16H,9-12,14-15H2. The first-order chi connectivity index (χ1) is 16.2. The normalized spacial score (nSPS) is 14.1.